The molecule has 2 fully saturated rings. The van der Waals surface area contributed by atoms with Crippen LogP contribution in [0.15, 0.2) is 54.6 Å². The van der Waals surface area contributed by atoms with E-state index in [9.17, 15) is 9.59 Å². The van der Waals surface area contributed by atoms with E-state index in [1.165, 1.54) is 12.8 Å². The summed E-state index contributed by atoms with van der Waals surface area (Å²) in [5, 5.41) is 3.03. The van der Waals surface area contributed by atoms with Gasteiger partial charge in [0.2, 0.25) is 11.8 Å². The number of benzene rings is 2. The Morgan fingerprint density at radius 3 is 2.69 bits per heavy atom. The van der Waals surface area contributed by atoms with E-state index in [1.54, 1.807) is 4.90 Å². The second-order valence-electron chi connectivity index (χ2n) is 8.74. The predicted molar refractivity (Wildman–Crippen MR) is 123 cm³/mol. The first kappa shape index (κ1) is 22.3. The first-order valence-corrected chi connectivity index (χ1v) is 11.6. The molecule has 1 saturated heterocycles. The van der Waals surface area contributed by atoms with Crippen molar-refractivity contribution in [1.29, 1.82) is 0 Å². The highest BCUT2D eigenvalue weighted by Crippen LogP contribution is 2.29. The van der Waals surface area contributed by atoms with Crippen molar-refractivity contribution in [3.05, 3.63) is 60.2 Å². The second-order valence-corrected chi connectivity index (χ2v) is 8.74. The van der Waals surface area contributed by atoms with E-state index in [-0.39, 0.29) is 17.7 Å². The minimum atomic E-state index is -0.197. The summed E-state index contributed by atoms with van der Waals surface area (Å²) in [6.07, 6.45) is 4.49. The number of carbonyl (C=O) groups excluding carboxylic acids is 2. The summed E-state index contributed by atoms with van der Waals surface area (Å²) >= 11 is 0. The second kappa shape index (κ2) is 11.1. The number of para-hydroxylation sites is 1. The predicted octanol–water partition coefficient (Wildman–Crippen LogP) is 4.26. The van der Waals surface area contributed by atoms with Gasteiger partial charge in [-0.2, -0.15) is 0 Å². The van der Waals surface area contributed by atoms with Crippen molar-refractivity contribution in [2.75, 3.05) is 31.6 Å². The number of hydrogen-bond acceptors (Lipinski definition) is 4. The molecule has 2 aromatic rings. The fourth-order valence-electron chi connectivity index (χ4n) is 3.96. The lowest BCUT2D eigenvalue weighted by Crippen LogP contribution is -2.44. The molecule has 170 valence electrons. The van der Waals surface area contributed by atoms with Crippen molar-refractivity contribution in [1.82, 2.24) is 4.90 Å². The van der Waals surface area contributed by atoms with E-state index in [0.29, 0.717) is 32.7 Å². The molecule has 1 aliphatic carbocycles. The van der Waals surface area contributed by atoms with Crippen LogP contribution in [-0.2, 0) is 20.9 Å². The van der Waals surface area contributed by atoms with Crippen LogP contribution in [0.1, 0.15) is 37.7 Å². The molecule has 6 nitrogen and oxygen atoms in total. The van der Waals surface area contributed by atoms with Crippen molar-refractivity contribution < 1.29 is 19.1 Å². The highest BCUT2D eigenvalue weighted by atomic mass is 16.5. The molecule has 32 heavy (non-hydrogen) atoms. The van der Waals surface area contributed by atoms with Crippen LogP contribution in [0.25, 0.3) is 0 Å². The normalized spacial score (nSPS) is 18.2. The number of nitrogens with zero attached hydrogens (tertiary/aromatic N) is 1. The van der Waals surface area contributed by atoms with Crippen molar-refractivity contribution in [2.45, 2.75) is 38.7 Å². The Morgan fingerprint density at radius 1 is 1.03 bits per heavy atom. The highest BCUT2D eigenvalue weighted by molar-refractivity contribution is 5.93. The number of likely N-dealkylation sites (tertiary alicyclic amines) is 1. The summed E-state index contributed by atoms with van der Waals surface area (Å²) in [5.74, 6) is 1.31. The van der Waals surface area contributed by atoms with Gasteiger partial charge in [-0.15, -0.1) is 0 Å². The summed E-state index contributed by atoms with van der Waals surface area (Å²) in [7, 11) is 0. The summed E-state index contributed by atoms with van der Waals surface area (Å²) < 4.78 is 11.4. The lowest BCUT2D eigenvalue weighted by Gasteiger charge is -2.32. The maximum absolute atomic E-state index is 12.9. The van der Waals surface area contributed by atoms with Crippen LogP contribution in [0.2, 0.25) is 0 Å². The Labute approximate surface area is 189 Å². The van der Waals surface area contributed by atoms with Crippen LogP contribution >= 0.6 is 0 Å². The zero-order valence-electron chi connectivity index (χ0n) is 18.5. The van der Waals surface area contributed by atoms with E-state index < -0.39 is 0 Å². The molecule has 1 N–H and O–H groups in total. The Bertz CT molecular complexity index is 898. The lowest BCUT2D eigenvalue weighted by molar-refractivity contribution is -0.135. The molecule has 2 aliphatic rings. The van der Waals surface area contributed by atoms with Gasteiger partial charge >= 0.3 is 0 Å². The number of hydrogen-bond donors (Lipinski definition) is 1. The van der Waals surface area contributed by atoms with Crippen LogP contribution < -0.4 is 10.1 Å². The average molecular weight is 437 g/mol. The van der Waals surface area contributed by atoms with Crippen molar-refractivity contribution in [3.8, 4) is 5.75 Å². The van der Waals surface area contributed by atoms with E-state index >= 15 is 0 Å². The van der Waals surface area contributed by atoms with Gasteiger partial charge in [0.15, 0.2) is 0 Å². The third-order valence-electron chi connectivity index (χ3n) is 5.99. The Balaban J connectivity index is 1.22. The Morgan fingerprint density at radius 2 is 1.88 bits per heavy atom. The smallest absolute Gasteiger partial charge is 0.229 e. The standard InChI is InChI=1S/C26H32N2O4/c29-25(13-15-32-24-9-2-1-3-10-24)28-14-5-7-22(17-28)26(30)27-23-8-4-6-21(16-23)19-31-18-20-11-12-20/h1-4,6,8-10,16,20,22H,5,7,11-15,17-19H2,(H,27,30). The van der Waals surface area contributed by atoms with Crippen LogP contribution in [-0.4, -0.2) is 43.0 Å². The van der Waals surface area contributed by atoms with Crippen molar-refractivity contribution in [3.63, 3.8) is 0 Å². The topological polar surface area (TPSA) is 67.9 Å². The minimum Gasteiger partial charge on any atom is -0.493 e. The minimum absolute atomic E-state index is 0.0286. The lowest BCUT2D eigenvalue weighted by atomic mass is 9.96. The molecule has 4 rings (SSSR count). The molecule has 0 spiro atoms. The zero-order valence-corrected chi connectivity index (χ0v) is 18.5. The first-order chi connectivity index (χ1) is 15.7. The zero-order chi connectivity index (χ0) is 22.2. The molecule has 0 radical (unpaired) electrons. The number of nitrogens with one attached hydrogen (secondary N) is 1. The highest BCUT2D eigenvalue weighted by Gasteiger charge is 2.28. The average Bonchev–Trinajstić information content (AvgIpc) is 3.64. The molecule has 1 unspecified atom stereocenters. The van der Waals surface area contributed by atoms with Crippen LogP contribution in [0, 0.1) is 11.8 Å². The summed E-state index contributed by atoms with van der Waals surface area (Å²) in [6.45, 7) is 2.88. The van der Waals surface area contributed by atoms with Crippen LogP contribution in [0.4, 0.5) is 5.69 Å². The maximum atomic E-state index is 12.9. The molecule has 1 saturated carbocycles. The Hall–Kier alpha value is -2.86. The van der Waals surface area contributed by atoms with Gasteiger partial charge in [-0.3, -0.25) is 9.59 Å². The van der Waals surface area contributed by atoms with Gasteiger partial charge in [0, 0.05) is 25.4 Å². The number of anilines is 1. The third kappa shape index (κ3) is 6.82. The van der Waals surface area contributed by atoms with Gasteiger partial charge in [0.1, 0.15) is 5.75 Å². The van der Waals surface area contributed by atoms with E-state index in [2.05, 4.69) is 5.32 Å². The van der Waals surface area contributed by atoms with E-state index in [4.69, 9.17) is 9.47 Å². The quantitative estimate of drug-likeness (QED) is 0.604. The van der Waals surface area contributed by atoms with E-state index in [1.807, 2.05) is 54.6 Å². The molecule has 6 heteroatoms. The summed E-state index contributed by atoms with van der Waals surface area (Å²) in [4.78, 5) is 27.3. The van der Waals surface area contributed by atoms with Gasteiger partial charge in [-0.1, -0.05) is 30.3 Å². The van der Waals surface area contributed by atoms with E-state index in [0.717, 1.165) is 42.4 Å². The van der Waals surface area contributed by atoms with Gasteiger partial charge in [0.25, 0.3) is 0 Å². The molecule has 1 atom stereocenters. The monoisotopic (exact) mass is 436 g/mol. The van der Waals surface area contributed by atoms with Gasteiger partial charge in [0.05, 0.1) is 25.6 Å². The molecule has 2 aromatic carbocycles. The molecule has 0 aromatic heterocycles. The molecule has 1 heterocycles. The Kier molecular flexibility index (Phi) is 7.77. The van der Waals surface area contributed by atoms with Gasteiger partial charge in [-0.05, 0) is 61.4 Å². The molecule has 2 amide bonds. The van der Waals surface area contributed by atoms with Gasteiger partial charge in [-0.25, -0.2) is 0 Å². The van der Waals surface area contributed by atoms with Crippen LogP contribution in [0.5, 0.6) is 5.75 Å². The number of rotatable bonds is 10. The number of piperidine rings is 1. The summed E-state index contributed by atoms with van der Waals surface area (Å²) in [6, 6.07) is 17.3. The molecule has 0 bridgehead atoms. The van der Waals surface area contributed by atoms with Gasteiger partial charge < -0.3 is 19.7 Å². The van der Waals surface area contributed by atoms with Crippen molar-refractivity contribution >= 4 is 17.5 Å². The largest absolute Gasteiger partial charge is 0.493 e. The first-order valence-electron chi connectivity index (χ1n) is 11.6. The number of amides is 2. The fraction of sp³-hybridized carbons (Fsp3) is 0.462. The number of carbonyl (C=O) groups is 2. The summed E-state index contributed by atoms with van der Waals surface area (Å²) in [5.41, 5.74) is 1.84. The third-order valence-corrected chi connectivity index (χ3v) is 5.99. The van der Waals surface area contributed by atoms with Crippen molar-refractivity contribution in [2.24, 2.45) is 11.8 Å². The molecular formula is C26H32N2O4. The SMILES string of the molecule is O=C(Nc1cccc(COCC2CC2)c1)C1CCCN(C(=O)CCOc2ccccc2)C1. The fourth-order valence-corrected chi connectivity index (χ4v) is 3.96. The number of ether oxygens (including phenoxy) is 2. The van der Waals surface area contributed by atoms with Crippen LogP contribution in [0.3, 0.4) is 0 Å². The molecule has 1 aliphatic heterocycles. The maximum Gasteiger partial charge on any atom is 0.229 e. The molecular weight excluding hydrogens is 404 g/mol.